The van der Waals surface area contributed by atoms with E-state index in [0.29, 0.717) is 6.10 Å². The fourth-order valence-corrected chi connectivity index (χ4v) is 3.22. The molecule has 6 heteroatoms. The summed E-state index contributed by atoms with van der Waals surface area (Å²) < 4.78 is 5.62. The third-order valence-corrected chi connectivity index (χ3v) is 4.74. The fourth-order valence-electron chi connectivity index (χ4n) is 3.22. The maximum Gasteiger partial charge on any atom is 0.191 e. The highest BCUT2D eigenvalue weighted by Crippen LogP contribution is 2.19. The highest BCUT2D eigenvalue weighted by molar-refractivity contribution is 14.0. The van der Waals surface area contributed by atoms with Crippen LogP contribution in [-0.4, -0.2) is 63.3 Å². The lowest BCUT2D eigenvalue weighted by Crippen LogP contribution is -2.42. The summed E-state index contributed by atoms with van der Waals surface area (Å²) in [6, 6.07) is 0. The second-order valence-corrected chi connectivity index (χ2v) is 6.18. The number of guanidine groups is 1. The van der Waals surface area contributed by atoms with E-state index < -0.39 is 0 Å². The smallest absolute Gasteiger partial charge is 0.191 e. The molecule has 2 aliphatic heterocycles. The van der Waals surface area contributed by atoms with Crippen LogP contribution in [0.2, 0.25) is 0 Å². The van der Waals surface area contributed by atoms with Crippen molar-refractivity contribution in [2.24, 2.45) is 10.9 Å². The number of halogens is 1. The quantitative estimate of drug-likeness (QED) is 0.390. The minimum Gasteiger partial charge on any atom is -0.376 e. The summed E-state index contributed by atoms with van der Waals surface area (Å²) in [4.78, 5) is 6.84. The number of likely N-dealkylation sites (tertiary alicyclic amines) is 1. The Kier molecular flexibility index (Phi) is 10.4. The van der Waals surface area contributed by atoms with Crippen molar-refractivity contribution in [1.82, 2.24) is 15.5 Å². The molecule has 2 aliphatic rings. The Labute approximate surface area is 152 Å². The molecule has 0 aliphatic carbocycles. The topological polar surface area (TPSA) is 48.9 Å². The Morgan fingerprint density at radius 1 is 1.23 bits per heavy atom. The van der Waals surface area contributed by atoms with Crippen molar-refractivity contribution in [3.05, 3.63) is 0 Å². The fraction of sp³-hybridized carbons (Fsp3) is 0.938. The number of piperidine rings is 1. The zero-order chi connectivity index (χ0) is 14.9. The minimum atomic E-state index is 0. The van der Waals surface area contributed by atoms with E-state index in [4.69, 9.17) is 4.74 Å². The molecule has 0 bridgehead atoms. The zero-order valence-electron chi connectivity index (χ0n) is 14.1. The van der Waals surface area contributed by atoms with Gasteiger partial charge in [0.05, 0.1) is 6.10 Å². The predicted octanol–water partition coefficient (Wildman–Crippen LogP) is 2.07. The summed E-state index contributed by atoms with van der Waals surface area (Å²) in [5.41, 5.74) is 0. The van der Waals surface area contributed by atoms with Gasteiger partial charge in [-0.2, -0.15) is 0 Å². The molecule has 1 atom stereocenters. The van der Waals surface area contributed by atoms with Gasteiger partial charge in [-0.25, -0.2) is 0 Å². The second kappa shape index (κ2) is 11.5. The monoisotopic (exact) mass is 424 g/mol. The van der Waals surface area contributed by atoms with Crippen LogP contribution in [0.25, 0.3) is 0 Å². The summed E-state index contributed by atoms with van der Waals surface area (Å²) in [7, 11) is 1.84. The van der Waals surface area contributed by atoms with Crippen LogP contribution in [0.4, 0.5) is 0 Å². The number of nitrogens with zero attached hydrogens (tertiary/aromatic N) is 2. The summed E-state index contributed by atoms with van der Waals surface area (Å²) in [6.45, 7) is 8.79. The van der Waals surface area contributed by atoms with Crippen LogP contribution in [0.1, 0.15) is 39.0 Å². The maximum absolute atomic E-state index is 5.62. The highest BCUT2D eigenvalue weighted by Gasteiger charge is 2.18. The van der Waals surface area contributed by atoms with Crippen LogP contribution in [0.5, 0.6) is 0 Å². The van der Waals surface area contributed by atoms with Crippen LogP contribution in [-0.2, 0) is 4.74 Å². The van der Waals surface area contributed by atoms with Crippen molar-refractivity contribution in [3.63, 3.8) is 0 Å². The first kappa shape index (κ1) is 20.0. The van der Waals surface area contributed by atoms with Crippen LogP contribution in [0.15, 0.2) is 4.99 Å². The van der Waals surface area contributed by atoms with Gasteiger partial charge in [0, 0.05) is 26.7 Å². The molecule has 0 saturated carbocycles. The molecule has 2 saturated heterocycles. The van der Waals surface area contributed by atoms with Gasteiger partial charge in [0.2, 0.25) is 0 Å². The Morgan fingerprint density at radius 2 is 2.00 bits per heavy atom. The molecule has 0 spiro atoms. The number of rotatable bonds is 6. The van der Waals surface area contributed by atoms with Crippen LogP contribution >= 0.6 is 24.0 Å². The highest BCUT2D eigenvalue weighted by atomic mass is 127. The average Bonchev–Trinajstić information content (AvgIpc) is 3.04. The third-order valence-electron chi connectivity index (χ3n) is 4.74. The first-order chi connectivity index (χ1) is 10.3. The first-order valence-electron chi connectivity index (χ1n) is 8.60. The first-order valence-corrected chi connectivity index (χ1v) is 8.60. The summed E-state index contributed by atoms with van der Waals surface area (Å²) in [5.74, 6) is 1.79. The number of nitrogens with one attached hydrogen (secondary N) is 2. The van der Waals surface area contributed by atoms with Gasteiger partial charge in [-0.15, -0.1) is 24.0 Å². The van der Waals surface area contributed by atoms with Crippen molar-refractivity contribution < 1.29 is 4.74 Å². The van der Waals surface area contributed by atoms with Crippen LogP contribution in [0, 0.1) is 5.92 Å². The molecular weight excluding hydrogens is 391 g/mol. The summed E-state index contributed by atoms with van der Waals surface area (Å²) in [6.07, 6.45) is 6.66. The molecule has 0 aromatic carbocycles. The van der Waals surface area contributed by atoms with E-state index in [-0.39, 0.29) is 24.0 Å². The molecule has 2 heterocycles. The van der Waals surface area contributed by atoms with Gasteiger partial charge in [0.1, 0.15) is 0 Å². The van der Waals surface area contributed by atoms with Crippen molar-refractivity contribution in [1.29, 1.82) is 0 Å². The Bertz CT molecular complexity index is 313. The maximum atomic E-state index is 5.62. The number of hydrogen-bond donors (Lipinski definition) is 2. The standard InChI is InChI=1S/C16H32N4O.HI/c1-3-20-10-7-14(8-11-20)6-9-18-16(17-2)19-13-15-5-4-12-21-15;/h14-15H,3-13H2,1-2H3,(H2,17,18,19);1H. The van der Waals surface area contributed by atoms with E-state index in [1.54, 1.807) is 0 Å². The van der Waals surface area contributed by atoms with Crippen molar-refractivity contribution in [2.75, 3.05) is 46.4 Å². The van der Waals surface area contributed by atoms with Crippen LogP contribution < -0.4 is 10.6 Å². The van der Waals surface area contributed by atoms with Crippen molar-refractivity contribution in [3.8, 4) is 0 Å². The lowest BCUT2D eigenvalue weighted by atomic mass is 9.93. The molecule has 5 nitrogen and oxygen atoms in total. The molecule has 1 unspecified atom stereocenters. The summed E-state index contributed by atoms with van der Waals surface area (Å²) in [5, 5.41) is 6.81. The molecule has 130 valence electrons. The molecule has 2 N–H and O–H groups in total. The average molecular weight is 424 g/mol. The molecule has 0 aromatic rings. The lowest BCUT2D eigenvalue weighted by molar-refractivity contribution is 0.114. The molecule has 22 heavy (non-hydrogen) atoms. The van der Waals surface area contributed by atoms with E-state index in [1.807, 2.05) is 7.05 Å². The minimum absolute atomic E-state index is 0. The van der Waals surface area contributed by atoms with Gasteiger partial charge in [0.25, 0.3) is 0 Å². The second-order valence-electron chi connectivity index (χ2n) is 6.18. The lowest BCUT2D eigenvalue weighted by Gasteiger charge is -2.31. The molecule has 0 amide bonds. The van der Waals surface area contributed by atoms with Gasteiger partial charge >= 0.3 is 0 Å². The Morgan fingerprint density at radius 3 is 2.59 bits per heavy atom. The summed E-state index contributed by atoms with van der Waals surface area (Å²) >= 11 is 0. The molecule has 2 fully saturated rings. The normalized spacial score (nSPS) is 24.1. The zero-order valence-corrected chi connectivity index (χ0v) is 16.5. The number of ether oxygens (including phenoxy) is 1. The van der Waals surface area contributed by atoms with Gasteiger partial charge < -0.3 is 20.3 Å². The van der Waals surface area contributed by atoms with E-state index in [0.717, 1.165) is 31.6 Å². The van der Waals surface area contributed by atoms with Crippen molar-refractivity contribution >= 4 is 29.9 Å². The Balaban J connectivity index is 0.00000242. The van der Waals surface area contributed by atoms with E-state index in [9.17, 15) is 0 Å². The third kappa shape index (κ3) is 7.00. The van der Waals surface area contributed by atoms with E-state index in [1.165, 1.54) is 51.7 Å². The van der Waals surface area contributed by atoms with E-state index >= 15 is 0 Å². The van der Waals surface area contributed by atoms with E-state index in [2.05, 4.69) is 27.4 Å². The van der Waals surface area contributed by atoms with Crippen LogP contribution in [0.3, 0.4) is 0 Å². The largest absolute Gasteiger partial charge is 0.376 e. The van der Waals surface area contributed by atoms with Gasteiger partial charge in [-0.05, 0) is 57.7 Å². The SMILES string of the molecule is CCN1CCC(CCNC(=NC)NCC2CCCO2)CC1.I. The van der Waals surface area contributed by atoms with Crippen molar-refractivity contribution in [2.45, 2.75) is 45.1 Å². The number of aliphatic imine (C=N–C) groups is 1. The van der Waals surface area contributed by atoms with Gasteiger partial charge in [-0.1, -0.05) is 6.92 Å². The van der Waals surface area contributed by atoms with Gasteiger partial charge in [-0.3, -0.25) is 4.99 Å². The molecule has 2 rings (SSSR count). The molecular formula is C16H33IN4O. The van der Waals surface area contributed by atoms with Gasteiger partial charge in [0.15, 0.2) is 5.96 Å². The molecule has 0 radical (unpaired) electrons. The Hall–Kier alpha value is -0.0800. The molecule has 0 aromatic heterocycles. The predicted molar refractivity (Wildman–Crippen MR) is 103 cm³/mol. The number of hydrogen-bond acceptors (Lipinski definition) is 3.